The van der Waals surface area contributed by atoms with Crippen LogP contribution < -0.4 is 0 Å². The first-order valence-electron chi connectivity index (χ1n) is 18.3. The number of rotatable bonds is 10. The van der Waals surface area contributed by atoms with Gasteiger partial charge in [0.05, 0.1) is 63.7 Å². The average molecular weight is 755 g/mol. The quantitative estimate of drug-likeness (QED) is 0.127. The fourth-order valence-electron chi connectivity index (χ4n) is 6.74. The molecule has 2 saturated heterocycles. The van der Waals surface area contributed by atoms with Crippen molar-refractivity contribution in [1.82, 2.24) is 0 Å². The van der Waals surface area contributed by atoms with Crippen molar-refractivity contribution in [3.8, 4) is 0 Å². The van der Waals surface area contributed by atoms with Gasteiger partial charge in [-0.05, 0) is 37.3 Å². The minimum atomic E-state index is -2.39. The lowest BCUT2D eigenvalue weighted by Crippen LogP contribution is -2.57. The first-order valence-corrected chi connectivity index (χ1v) is 18.3. The molecule has 3 aliphatic rings. The molecule has 3 heterocycles. The highest BCUT2D eigenvalue weighted by Gasteiger charge is 2.53. The molecule has 0 saturated carbocycles. The van der Waals surface area contributed by atoms with E-state index in [1.54, 1.807) is 32.9 Å². The van der Waals surface area contributed by atoms with Gasteiger partial charge in [-0.1, -0.05) is 39.5 Å². The van der Waals surface area contributed by atoms with Crippen LogP contribution in [0.25, 0.3) is 0 Å². The molecule has 2 fully saturated rings. The van der Waals surface area contributed by atoms with Crippen LogP contribution in [0.1, 0.15) is 91.9 Å². The lowest BCUT2D eigenvalue weighted by atomic mass is 9.76. The summed E-state index contributed by atoms with van der Waals surface area (Å²) in [4.78, 5) is 50.3. The van der Waals surface area contributed by atoms with Crippen molar-refractivity contribution in [2.45, 2.75) is 147 Å². The summed E-state index contributed by atoms with van der Waals surface area (Å²) in [5, 5.41) is 33.4. The molecule has 15 nitrogen and oxygen atoms in total. The Morgan fingerprint density at radius 1 is 1.06 bits per heavy atom. The van der Waals surface area contributed by atoms with E-state index in [0.717, 1.165) is 25.8 Å². The van der Waals surface area contributed by atoms with Gasteiger partial charge in [-0.25, -0.2) is 4.79 Å². The summed E-state index contributed by atoms with van der Waals surface area (Å²) in [5.41, 5.74) is -1.26. The summed E-state index contributed by atoms with van der Waals surface area (Å²) in [6.45, 7) is 8.82. The third kappa shape index (κ3) is 13.6. The number of methoxy groups -OCH3 is 1. The van der Waals surface area contributed by atoms with E-state index in [-0.39, 0.29) is 63.1 Å². The molecule has 3 rings (SSSR count). The zero-order chi connectivity index (χ0) is 39.2. The van der Waals surface area contributed by atoms with Crippen molar-refractivity contribution in [1.29, 1.82) is 0 Å². The lowest BCUT2D eigenvalue weighted by molar-refractivity contribution is -0.296. The van der Waals surface area contributed by atoms with Crippen LogP contribution in [0.4, 0.5) is 0 Å². The molecule has 15 heteroatoms. The average Bonchev–Trinajstić information content (AvgIpc) is 3.10. The van der Waals surface area contributed by atoms with E-state index in [2.05, 4.69) is 6.58 Å². The minimum Gasteiger partial charge on any atom is -0.466 e. The van der Waals surface area contributed by atoms with Gasteiger partial charge in [-0.15, -0.1) is 0 Å². The third-order valence-electron chi connectivity index (χ3n) is 9.58. The van der Waals surface area contributed by atoms with E-state index in [4.69, 9.17) is 37.9 Å². The maximum atomic E-state index is 12.8. The van der Waals surface area contributed by atoms with Gasteiger partial charge < -0.3 is 53.2 Å². The number of cyclic esters (lactones) is 1. The predicted molar refractivity (Wildman–Crippen MR) is 188 cm³/mol. The number of fused-ring (bicyclic) bond motifs is 4. The zero-order valence-corrected chi connectivity index (χ0v) is 31.6. The SMILES string of the molecule is C=CCOC(=O)C[C@H]1C[C@H]2C[C@H]3CCC[C@@H](C[C@@H](O)CC(=O)O[C@@H](CO)CCO[C@](O)([C@@H](OC(C)=O)/C(=C/C(=O)OC)CC)C(C)(C)/C=C/[C@H](O2)O1)O3. The summed E-state index contributed by atoms with van der Waals surface area (Å²) in [7, 11) is 1.18. The van der Waals surface area contributed by atoms with E-state index in [1.807, 2.05) is 0 Å². The number of hydrogen-bond donors (Lipinski definition) is 3. The Morgan fingerprint density at radius 3 is 2.42 bits per heavy atom. The second kappa shape index (κ2) is 21.1. The molecule has 300 valence electrons. The number of ether oxygens (including phenoxy) is 8. The molecule has 9 atom stereocenters. The number of carbonyl (C=O) groups is 4. The van der Waals surface area contributed by atoms with Gasteiger partial charge in [0, 0.05) is 44.1 Å². The number of aliphatic hydroxyl groups is 3. The Kier molecular flexibility index (Phi) is 17.6. The molecule has 0 aromatic rings. The van der Waals surface area contributed by atoms with E-state index < -0.39 is 78.5 Å². The summed E-state index contributed by atoms with van der Waals surface area (Å²) < 4.78 is 46.2. The number of aliphatic hydroxyl groups excluding tert-OH is 2. The summed E-state index contributed by atoms with van der Waals surface area (Å²) in [6, 6.07) is 0. The van der Waals surface area contributed by atoms with Gasteiger partial charge in [0.1, 0.15) is 12.7 Å². The molecule has 4 bridgehead atoms. The van der Waals surface area contributed by atoms with Crippen LogP contribution in [-0.4, -0.2) is 121 Å². The van der Waals surface area contributed by atoms with Crippen LogP contribution in [-0.2, 0) is 57.1 Å². The molecule has 0 spiro atoms. The maximum Gasteiger partial charge on any atom is 0.330 e. The van der Waals surface area contributed by atoms with E-state index in [0.29, 0.717) is 19.3 Å². The normalized spacial score (nSPS) is 32.9. The number of esters is 4. The molecule has 0 aromatic carbocycles. The van der Waals surface area contributed by atoms with Crippen LogP contribution in [0.2, 0.25) is 0 Å². The zero-order valence-electron chi connectivity index (χ0n) is 31.6. The van der Waals surface area contributed by atoms with Crippen molar-refractivity contribution in [2.24, 2.45) is 5.41 Å². The monoisotopic (exact) mass is 754 g/mol. The highest BCUT2D eigenvalue weighted by molar-refractivity contribution is 5.83. The highest BCUT2D eigenvalue weighted by Crippen LogP contribution is 2.42. The molecule has 0 aromatic heterocycles. The molecule has 0 unspecified atom stereocenters. The van der Waals surface area contributed by atoms with Gasteiger partial charge in [0.25, 0.3) is 0 Å². The van der Waals surface area contributed by atoms with Crippen LogP contribution in [0.15, 0.2) is 36.5 Å². The van der Waals surface area contributed by atoms with E-state index in [1.165, 1.54) is 13.2 Å². The topological polar surface area (TPSA) is 203 Å². The van der Waals surface area contributed by atoms with Crippen molar-refractivity contribution in [3.63, 3.8) is 0 Å². The smallest absolute Gasteiger partial charge is 0.330 e. The summed E-state index contributed by atoms with van der Waals surface area (Å²) in [5.74, 6) is -5.12. The van der Waals surface area contributed by atoms with Gasteiger partial charge >= 0.3 is 23.9 Å². The summed E-state index contributed by atoms with van der Waals surface area (Å²) in [6.07, 6.45) is 2.51. The Morgan fingerprint density at radius 2 is 1.77 bits per heavy atom. The van der Waals surface area contributed by atoms with E-state index in [9.17, 15) is 34.5 Å². The molecular weight excluding hydrogens is 696 g/mol. The molecule has 53 heavy (non-hydrogen) atoms. The van der Waals surface area contributed by atoms with Gasteiger partial charge in [0.2, 0.25) is 5.79 Å². The predicted octanol–water partition coefficient (Wildman–Crippen LogP) is 3.11. The second-order valence-electron chi connectivity index (χ2n) is 14.2. The third-order valence-corrected chi connectivity index (χ3v) is 9.58. The second-order valence-corrected chi connectivity index (χ2v) is 14.2. The fraction of sp³-hybridized carbons (Fsp3) is 0.737. The van der Waals surface area contributed by atoms with Crippen LogP contribution in [0, 0.1) is 5.41 Å². The van der Waals surface area contributed by atoms with Gasteiger partial charge in [-0.2, -0.15) is 0 Å². The van der Waals surface area contributed by atoms with Crippen molar-refractivity contribution < 1.29 is 72.4 Å². The van der Waals surface area contributed by atoms with Crippen molar-refractivity contribution in [2.75, 3.05) is 26.9 Å². The molecule has 0 aliphatic carbocycles. The van der Waals surface area contributed by atoms with Crippen LogP contribution >= 0.6 is 0 Å². The Bertz CT molecular complexity index is 1290. The Balaban J connectivity index is 2.08. The molecule has 3 N–H and O–H groups in total. The van der Waals surface area contributed by atoms with Crippen LogP contribution in [0.3, 0.4) is 0 Å². The molecule has 3 aliphatic heterocycles. The molecule has 0 radical (unpaired) electrons. The maximum absolute atomic E-state index is 12.8. The Labute approximate surface area is 311 Å². The minimum absolute atomic E-state index is 0.0508. The van der Waals surface area contributed by atoms with Crippen molar-refractivity contribution >= 4 is 23.9 Å². The number of hydrogen-bond acceptors (Lipinski definition) is 15. The molecule has 0 amide bonds. The molecular formula is C38H58O15. The van der Waals surface area contributed by atoms with Crippen molar-refractivity contribution in [3.05, 3.63) is 36.5 Å². The van der Waals surface area contributed by atoms with E-state index >= 15 is 0 Å². The summed E-state index contributed by atoms with van der Waals surface area (Å²) >= 11 is 0. The van der Waals surface area contributed by atoms with Gasteiger partial charge in [-0.3, -0.25) is 14.4 Å². The van der Waals surface area contributed by atoms with Crippen LogP contribution in [0.5, 0.6) is 0 Å². The standard InChI is InChI=1S/C38H58O15/c1-7-15-47-33(43)22-31-21-30-20-28-11-9-10-27(50-28)18-26(41)19-34(44)51-29(23-39)13-16-48-38(45,37(4,5)14-12-35(52-30)53-31)36(49-24(3)40)25(8-2)17-32(42)46-6/h7,12,14,17,26-31,35-36,39,41,45H,1,8-11,13,15-16,18-23H2,2-6H3/b14-12+,25-17+/t26-,27+,28-,29-,30-,31-,35-,36+,38-/m1/s1. The highest BCUT2D eigenvalue weighted by atomic mass is 16.7. The first kappa shape index (κ1) is 44.2. The lowest BCUT2D eigenvalue weighted by Gasteiger charge is -2.46. The fourth-order valence-corrected chi connectivity index (χ4v) is 6.74. The Hall–Kier alpha value is -3.18. The van der Waals surface area contributed by atoms with Gasteiger partial charge in [0.15, 0.2) is 12.4 Å². The number of carbonyl (C=O) groups excluding carboxylic acids is 4. The first-order chi connectivity index (χ1) is 25.1. The largest absolute Gasteiger partial charge is 0.466 e.